The number of carbonyl (C=O) groups is 1. The first-order valence-corrected chi connectivity index (χ1v) is 7.80. The highest BCUT2D eigenvalue weighted by atomic mass is 79.9. The lowest BCUT2D eigenvalue weighted by atomic mass is 10.2. The van der Waals surface area contributed by atoms with Crippen molar-refractivity contribution in [1.82, 2.24) is 0 Å². The molecule has 0 aliphatic heterocycles. The SMILES string of the molecule is CCOC(=O)Nc1ccc(NCc2ccc(Br)cc2)c(F)c1N. The van der Waals surface area contributed by atoms with E-state index in [1.165, 1.54) is 12.1 Å². The summed E-state index contributed by atoms with van der Waals surface area (Å²) >= 11 is 3.36. The van der Waals surface area contributed by atoms with Crippen LogP contribution in [0.1, 0.15) is 12.5 Å². The van der Waals surface area contributed by atoms with Gasteiger partial charge in [0.15, 0.2) is 5.82 Å². The minimum atomic E-state index is -0.672. The van der Waals surface area contributed by atoms with Crippen molar-refractivity contribution in [2.75, 3.05) is 23.0 Å². The predicted octanol–water partition coefficient (Wildman–Crippen LogP) is 4.35. The monoisotopic (exact) mass is 381 g/mol. The average molecular weight is 382 g/mol. The first-order chi connectivity index (χ1) is 11.0. The second-order valence-electron chi connectivity index (χ2n) is 4.71. The van der Waals surface area contributed by atoms with E-state index < -0.39 is 11.9 Å². The standard InChI is InChI=1S/C16H17BrFN3O2/c1-2-23-16(22)21-13-8-7-12(14(18)15(13)19)20-9-10-3-5-11(17)6-4-10/h3-8,20H,2,9,19H2,1H3,(H,21,22). The zero-order valence-electron chi connectivity index (χ0n) is 12.5. The summed E-state index contributed by atoms with van der Waals surface area (Å²) in [4.78, 5) is 11.4. The van der Waals surface area contributed by atoms with Crippen LogP contribution in [0.2, 0.25) is 0 Å². The van der Waals surface area contributed by atoms with Gasteiger partial charge in [-0.3, -0.25) is 5.32 Å². The summed E-state index contributed by atoms with van der Waals surface area (Å²) in [7, 11) is 0. The Kier molecular flexibility index (Phi) is 5.81. The number of amides is 1. The van der Waals surface area contributed by atoms with Crippen LogP contribution in [0.5, 0.6) is 0 Å². The van der Waals surface area contributed by atoms with Crippen LogP contribution >= 0.6 is 15.9 Å². The van der Waals surface area contributed by atoms with E-state index in [4.69, 9.17) is 10.5 Å². The van der Waals surface area contributed by atoms with Gasteiger partial charge in [-0.15, -0.1) is 0 Å². The normalized spacial score (nSPS) is 10.2. The molecule has 2 rings (SSSR count). The Balaban J connectivity index is 2.07. The Bertz CT molecular complexity index is 692. The molecule has 7 heteroatoms. The second-order valence-corrected chi connectivity index (χ2v) is 5.63. The topological polar surface area (TPSA) is 76.4 Å². The highest BCUT2D eigenvalue weighted by molar-refractivity contribution is 9.10. The first-order valence-electron chi connectivity index (χ1n) is 7.01. The van der Waals surface area contributed by atoms with Crippen LogP contribution in [-0.2, 0) is 11.3 Å². The minimum absolute atomic E-state index is 0.140. The molecule has 1 amide bonds. The maximum absolute atomic E-state index is 14.3. The fourth-order valence-electron chi connectivity index (χ4n) is 1.92. The van der Waals surface area contributed by atoms with E-state index in [0.29, 0.717) is 6.54 Å². The van der Waals surface area contributed by atoms with Gasteiger partial charge >= 0.3 is 6.09 Å². The van der Waals surface area contributed by atoms with Crippen molar-refractivity contribution in [3.8, 4) is 0 Å². The van der Waals surface area contributed by atoms with Crippen LogP contribution in [0.4, 0.5) is 26.2 Å². The second kappa shape index (κ2) is 7.82. The molecule has 0 bridgehead atoms. The van der Waals surface area contributed by atoms with E-state index in [2.05, 4.69) is 26.6 Å². The van der Waals surface area contributed by atoms with Crippen LogP contribution in [0.25, 0.3) is 0 Å². The van der Waals surface area contributed by atoms with E-state index in [1.54, 1.807) is 6.92 Å². The Labute approximate surface area is 142 Å². The van der Waals surface area contributed by atoms with Crippen molar-refractivity contribution < 1.29 is 13.9 Å². The molecular weight excluding hydrogens is 365 g/mol. The molecule has 122 valence electrons. The molecule has 2 aromatic rings. The Morgan fingerprint density at radius 3 is 2.52 bits per heavy atom. The van der Waals surface area contributed by atoms with Crippen molar-refractivity contribution in [3.63, 3.8) is 0 Å². The van der Waals surface area contributed by atoms with Crippen LogP contribution in [-0.4, -0.2) is 12.7 Å². The van der Waals surface area contributed by atoms with Gasteiger partial charge in [0, 0.05) is 11.0 Å². The summed E-state index contributed by atoms with van der Waals surface area (Å²) in [6.07, 6.45) is -0.672. The number of benzene rings is 2. The lowest BCUT2D eigenvalue weighted by Gasteiger charge is -2.13. The fraction of sp³-hybridized carbons (Fsp3) is 0.188. The lowest BCUT2D eigenvalue weighted by molar-refractivity contribution is 0.168. The molecule has 0 saturated heterocycles. The van der Waals surface area contributed by atoms with Crippen LogP contribution in [0.15, 0.2) is 40.9 Å². The molecule has 0 radical (unpaired) electrons. The quantitative estimate of drug-likeness (QED) is 0.672. The number of halogens is 2. The lowest BCUT2D eigenvalue weighted by Crippen LogP contribution is -2.15. The molecule has 0 heterocycles. The third-order valence-corrected chi connectivity index (χ3v) is 3.62. The number of nitrogens with one attached hydrogen (secondary N) is 2. The fourth-order valence-corrected chi connectivity index (χ4v) is 2.18. The third-order valence-electron chi connectivity index (χ3n) is 3.09. The summed E-state index contributed by atoms with van der Waals surface area (Å²) in [5.41, 5.74) is 7.02. The highest BCUT2D eigenvalue weighted by Crippen LogP contribution is 2.28. The smallest absolute Gasteiger partial charge is 0.411 e. The molecule has 2 aromatic carbocycles. The van der Waals surface area contributed by atoms with Gasteiger partial charge in [-0.25, -0.2) is 9.18 Å². The molecule has 0 fully saturated rings. The van der Waals surface area contributed by atoms with Gasteiger partial charge in [-0.2, -0.15) is 0 Å². The van der Waals surface area contributed by atoms with Gasteiger partial charge in [0.1, 0.15) is 0 Å². The number of rotatable bonds is 5. The summed E-state index contributed by atoms with van der Waals surface area (Å²) in [6, 6.07) is 10.7. The van der Waals surface area contributed by atoms with Crippen molar-refractivity contribution in [2.45, 2.75) is 13.5 Å². The molecule has 0 atom stereocenters. The number of carbonyl (C=O) groups excluding carboxylic acids is 1. The number of hydrogen-bond donors (Lipinski definition) is 3. The zero-order valence-corrected chi connectivity index (χ0v) is 14.1. The van der Waals surface area contributed by atoms with Crippen molar-refractivity contribution in [1.29, 1.82) is 0 Å². The van der Waals surface area contributed by atoms with Crippen LogP contribution in [0, 0.1) is 5.82 Å². The van der Waals surface area contributed by atoms with Crippen LogP contribution < -0.4 is 16.4 Å². The van der Waals surface area contributed by atoms with E-state index in [1.807, 2.05) is 24.3 Å². The van der Waals surface area contributed by atoms with Crippen LogP contribution in [0.3, 0.4) is 0 Å². The molecule has 0 unspecified atom stereocenters. The number of nitrogens with two attached hydrogens (primary N) is 1. The molecule has 0 aromatic heterocycles. The minimum Gasteiger partial charge on any atom is -0.450 e. The first kappa shape index (κ1) is 17.1. The Morgan fingerprint density at radius 2 is 1.87 bits per heavy atom. The Morgan fingerprint density at radius 1 is 1.22 bits per heavy atom. The van der Waals surface area contributed by atoms with Gasteiger partial charge in [-0.05, 0) is 36.8 Å². The van der Waals surface area contributed by atoms with Crippen molar-refractivity contribution in [3.05, 3.63) is 52.3 Å². The average Bonchev–Trinajstić information content (AvgIpc) is 2.53. The largest absolute Gasteiger partial charge is 0.450 e. The van der Waals surface area contributed by atoms with Gasteiger partial charge < -0.3 is 15.8 Å². The molecule has 0 aliphatic carbocycles. The van der Waals surface area contributed by atoms with Gasteiger partial charge in [0.2, 0.25) is 0 Å². The van der Waals surface area contributed by atoms with Crippen molar-refractivity contribution in [2.24, 2.45) is 0 Å². The Hall–Kier alpha value is -2.28. The number of nitrogen functional groups attached to an aromatic ring is 1. The molecule has 4 N–H and O–H groups in total. The summed E-state index contributed by atoms with van der Waals surface area (Å²) in [5, 5.41) is 5.38. The number of anilines is 3. The molecule has 0 saturated carbocycles. The number of ether oxygens (including phenoxy) is 1. The van der Waals surface area contributed by atoms with Gasteiger partial charge in [0.05, 0.1) is 23.7 Å². The van der Waals surface area contributed by atoms with E-state index in [9.17, 15) is 9.18 Å². The third kappa shape index (κ3) is 4.59. The molecule has 23 heavy (non-hydrogen) atoms. The number of hydrogen-bond acceptors (Lipinski definition) is 4. The summed E-state index contributed by atoms with van der Waals surface area (Å²) < 4.78 is 20.0. The highest BCUT2D eigenvalue weighted by Gasteiger charge is 2.13. The zero-order chi connectivity index (χ0) is 16.8. The van der Waals surface area contributed by atoms with E-state index in [-0.39, 0.29) is 23.7 Å². The molecule has 5 nitrogen and oxygen atoms in total. The van der Waals surface area contributed by atoms with Gasteiger partial charge in [-0.1, -0.05) is 28.1 Å². The predicted molar refractivity (Wildman–Crippen MR) is 92.9 cm³/mol. The van der Waals surface area contributed by atoms with E-state index in [0.717, 1.165) is 10.0 Å². The summed E-state index contributed by atoms with van der Waals surface area (Å²) in [5.74, 6) is -0.614. The summed E-state index contributed by atoms with van der Waals surface area (Å²) in [6.45, 7) is 2.36. The molecular formula is C16H17BrFN3O2. The van der Waals surface area contributed by atoms with Gasteiger partial charge in [0.25, 0.3) is 0 Å². The maximum atomic E-state index is 14.3. The maximum Gasteiger partial charge on any atom is 0.411 e. The van der Waals surface area contributed by atoms with E-state index >= 15 is 0 Å². The van der Waals surface area contributed by atoms with Crippen molar-refractivity contribution >= 4 is 39.1 Å². The molecule has 0 spiro atoms. The molecule has 0 aliphatic rings.